The highest BCUT2D eigenvalue weighted by atomic mass is 16.2. The normalized spacial score (nSPS) is 10.2. The highest BCUT2D eigenvalue weighted by Crippen LogP contribution is 2.17. The third-order valence-electron chi connectivity index (χ3n) is 3.17. The smallest absolute Gasteiger partial charge is 0.274 e. The minimum atomic E-state index is -0.180. The Kier molecular flexibility index (Phi) is 3.93. The van der Waals surface area contributed by atoms with Gasteiger partial charge in [-0.05, 0) is 31.9 Å². The molecule has 0 fully saturated rings. The second kappa shape index (κ2) is 5.03. The quantitative estimate of drug-likeness (QED) is 0.807. The predicted octanol–water partition coefficient (Wildman–Crippen LogP) is 0.561. The van der Waals surface area contributed by atoms with Crippen molar-refractivity contribution in [3.63, 3.8) is 0 Å². The molecule has 0 aliphatic carbocycles. The Hall–Kier alpha value is -1.78. The van der Waals surface area contributed by atoms with Crippen LogP contribution in [0.5, 0.6) is 0 Å². The van der Waals surface area contributed by atoms with E-state index in [1.165, 1.54) is 4.57 Å². The first kappa shape index (κ1) is 13.3. The van der Waals surface area contributed by atoms with Crippen LogP contribution in [0.15, 0.2) is 4.79 Å². The summed E-state index contributed by atoms with van der Waals surface area (Å²) in [6, 6.07) is 0. The fourth-order valence-corrected chi connectivity index (χ4v) is 1.82. The molecule has 0 spiro atoms. The monoisotopic (exact) mass is 237 g/mol. The van der Waals surface area contributed by atoms with Crippen LogP contribution in [0.25, 0.3) is 0 Å². The molecule has 0 saturated heterocycles. The molecule has 0 radical (unpaired) electrons. The number of carbonyl (C=O) groups is 1. The highest BCUT2D eigenvalue weighted by molar-refractivity contribution is 5.75. The number of pyridine rings is 1. The summed E-state index contributed by atoms with van der Waals surface area (Å²) in [5.74, 6) is -0.180. The summed E-state index contributed by atoms with van der Waals surface area (Å²) in [5.41, 5.74) is 3.19. The Bertz CT molecular complexity index is 503. The number of hydrogen-bond acceptors (Lipinski definition) is 3. The first-order chi connectivity index (χ1) is 7.93. The van der Waals surface area contributed by atoms with E-state index in [0.29, 0.717) is 5.69 Å². The standard InChI is InChI=1S/C12H19N3O2/c1-7-8(2)11(14-5)12(17)15(9(7)3)6-10(16)13-4/h14H,6H2,1-5H3,(H,13,16). The lowest BCUT2D eigenvalue weighted by atomic mass is 10.1. The molecular formula is C12H19N3O2. The molecule has 1 amide bonds. The van der Waals surface area contributed by atoms with Gasteiger partial charge in [0.25, 0.3) is 5.56 Å². The second-order valence-electron chi connectivity index (χ2n) is 4.02. The molecule has 1 rings (SSSR count). The van der Waals surface area contributed by atoms with Gasteiger partial charge in [-0.15, -0.1) is 0 Å². The van der Waals surface area contributed by atoms with Crippen LogP contribution >= 0.6 is 0 Å². The number of carbonyl (C=O) groups excluding carboxylic acids is 1. The fraction of sp³-hybridized carbons (Fsp3) is 0.500. The molecule has 1 aromatic heterocycles. The number of nitrogens with one attached hydrogen (secondary N) is 2. The average molecular weight is 237 g/mol. The van der Waals surface area contributed by atoms with E-state index in [1.807, 2.05) is 20.8 Å². The third-order valence-corrected chi connectivity index (χ3v) is 3.17. The number of likely N-dealkylation sites (N-methyl/N-ethyl adjacent to an activating group) is 1. The van der Waals surface area contributed by atoms with E-state index in [9.17, 15) is 9.59 Å². The molecule has 0 aliphatic rings. The van der Waals surface area contributed by atoms with Crippen LogP contribution in [0.3, 0.4) is 0 Å². The van der Waals surface area contributed by atoms with Crippen LogP contribution in [0.2, 0.25) is 0 Å². The van der Waals surface area contributed by atoms with Gasteiger partial charge in [0.1, 0.15) is 12.2 Å². The topological polar surface area (TPSA) is 63.1 Å². The highest BCUT2D eigenvalue weighted by Gasteiger charge is 2.14. The van der Waals surface area contributed by atoms with Gasteiger partial charge in [-0.1, -0.05) is 0 Å². The molecule has 1 heterocycles. The van der Waals surface area contributed by atoms with E-state index in [4.69, 9.17) is 0 Å². The summed E-state index contributed by atoms with van der Waals surface area (Å²) in [4.78, 5) is 23.6. The van der Waals surface area contributed by atoms with Crippen molar-refractivity contribution in [3.8, 4) is 0 Å². The molecule has 5 nitrogen and oxygen atoms in total. The van der Waals surface area contributed by atoms with Crippen molar-refractivity contribution in [1.29, 1.82) is 0 Å². The summed E-state index contributed by atoms with van der Waals surface area (Å²) in [6.45, 7) is 5.76. The lowest BCUT2D eigenvalue weighted by molar-refractivity contribution is -0.121. The maximum absolute atomic E-state index is 12.2. The van der Waals surface area contributed by atoms with Gasteiger partial charge in [0.05, 0.1) is 0 Å². The Labute approximate surface area is 101 Å². The van der Waals surface area contributed by atoms with Gasteiger partial charge in [-0.25, -0.2) is 0 Å². The third kappa shape index (κ3) is 2.33. The van der Waals surface area contributed by atoms with Gasteiger partial charge in [0.2, 0.25) is 5.91 Å². The van der Waals surface area contributed by atoms with Gasteiger partial charge in [0, 0.05) is 19.8 Å². The SMILES string of the molecule is CNC(=O)Cn1c(C)c(C)c(C)c(NC)c1=O. The van der Waals surface area contributed by atoms with Crippen molar-refractivity contribution >= 4 is 11.6 Å². The van der Waals surface area contributed by atoms with Gasteiger partial charge >= 0.3 is 0 Å². The largest absolute Gasteiger partial charge is 0.383 e. The van der Waals surface area contributed by atoms with Crippen LogP contribution in [0.4, 0.5) is 5.69 Å². The minimum absolute atomic E-state index is 0.0525. The first-order valence-electron chi connectivity index (χ1n) is 5.53. The van der Waals surface area contributed by atoms with Crippen molar-refractivity contribution in [3.05, 3.63) is 27.2 Å². The van der Waals surface area contributed by atoms with Gasteiger partial charge in [-0.3, -0.25) is 9.59 Å². The Balaban J connectivity index is 3.45. The van der Waals surface area contributed by atoms with E-state index in [2.05, 4.69) is 10.6 Å². The minimum Gasteiger partial charge on any atom is -0.383 e. The first-order valence-corrected chi connectivity index (χ1v) is 5.53. The van der Waals surface area contributed by atoms with Crippen molar-refractivity contribution < 1.29 is 4.79 Å². The van der Waals surface area contributed by atoms with Gasteiger partial charge in [0.15, 0.2) is 0 Å². The summed E-state index contributed by atoms with van der Waals surface area (Å²) >= 11 is 0. The van der Waals surface area contributed by atoms with Crippen LogP contribution in [-0.2, 0) is 11.3 Å². The van der Waals surface area contributed by atoms with Crippen LogP contribution in [0.1, 0.15) is 16.8 Å². The van der Waals surface area contributed by atoms with Crippen LogP contribution in [-0.4, -0.2) is 24.6 Å². The molecule has 2 N–H and O–H groups in total. The molecule has 0 aromatic carbocycles. The fourth-order valence-electron chi connectivity index (χ4n) is 1.82. The summed E-state index contributed by atoms with van der Waals surface area (Å²) in [5, 5.41) is 5.42. The van der Waals surface area contributed by atoms with E-state index in [-0.39, 0.29) is 18.0 Å². The van der Waals surface area contributed by atoms with E-state index in [1.54, 1.807) is 14.1 Å². The molecule has 0 bridgehead atoms. The average Bonchev–Trinajstić information content (AvgIpc) is 2.32. The summed E-state index contributed by atoms with van der Waals surface area (Å²) in [6.07, 6.45) is 0. The molecule has 94 valence electrons. The second-order valence-corrected chi connectivity index (χ2v) is 4.02. The number of amides is 1. The summed E-state index contributed by atoms with van der Waals surface area (Å²) < 4.78 is 1.49. The number of anilines is 1. The molecule has 0 atom stereocenters. The van der Waals surface area contributed by atoms with Crippen molar-refractivity contribution in [2.45, 2.75) is 27.3 Å². The molecular weight excluding hydrogens is 218 g/mol. The van der Waals surface area contributed by atoms with Gasteiger partial charge in [-0.2, -0.15) is 0 Å². The summed E-state index contributed by atoms with van der Waals surface area (Å²) in [7, 11) is 3.27. The van der Waals surface area contributed by atoms with E-state index < -0.39 is 0 Å². The van der Waals surface area contributed by atoms with Gasteiger partial charge < -0.3 is 15.2 Å². The lowest BCUT2D eigenvalue weighted by Crippen LogP contribution is -2.33. The maximum Gasteiger partial charge on any atom is 0.274 e. The Morgan fingerprint density at radius 2 is 1.76 bits per heavy atom. The Morgan fingerprint density at radius 1 is 1.18 bits per heavy atom. The number of hydrogen-bond donors (Lipinski definition) is 2. The van der Waals surface area contributed by atoms with E-state index >= 15 is 0 Å². The molecule has 1 aromatic rings. The van der Waals surface area contributed by atoms with E-state index in [0.717, 1.165) is 16.8 Å². The zero-order valence-corrected chi connectivity index (χ0v) is 11.0. The van der Waals surface area contributed by atoms with Crippen molar-refractivity contribution in [2.24, 2.45) is 0 Å². The number of rotatable bonds is 3. The molecule has 5 heteroatoms. The van der Waals surface area contributed by atoms with Crippen molar-refractivity contribution in [1.82, 2.24) is 9.88 Å². The maximum atomic E-state index is 12.2. The molecule has 0 unspecified atom stereocenters. The zero-order valence-electron chi connectivity index (χ0n) is 11.0. The molecule has 0 saturated carbocycles. The number of aromatic nitrogens is 1. The Morgan fingerprint density at radius 3 is 2.24 bits per heavy atom. The predicted molar refractivity (Wildman–Crippen MR) is 68.5 cm³/mol. The molecule has 0 aliphatic heterocycles. The molecule has 17 heavy (non-hydrogen) atoms. The number of nitrogens with zero attached hydrogens (tertiary/aromatic N) is 1. The lowest BCUT2D eigenvalue weighted by Gasteiger charge is -2.17. The van der Waals surface area contributed by atoms with Crippen LogP contribution in [0, 0.1) is 20.8 Å². The van der Waals surface area contributed by atoms with Crippen LogP contribution < -0.4 is 16.2 Å². The zero-order chi connectivity index (χ0) is 13.2. The van der Waals surface area contributed by atoms with Crippen molar-refractivity contribution in [2.75, 3.05) is 19.4 Å².